The van der Waals surface area contributed by atoms with Crippen molar-refractivity contribution in [1.82, 2.24) is 20.2 Å². The molecule has 0 aliphatic heterocycles. The van der Waals surface area contributed by atoms with Gasteiger partial charge in [0.05, 0.1) is 12.6 Å². The van der Waals surface area contributed by atoms with Crippen molar-refractivity contribution in [2.24, 2.45) is 0 Å². The minimum absolute atomic E-state index is 0.0787. The number of nitrogen functional groups attached to an aromatic ring is 1. The standard InChI is InChI=1S/C5H11N5O/c1-4(3-11-2)10-5(6)7-8-9-10/h4H,3H2,1-2H3,(H2,6,7,9). The van der Waals surface area contributed by atoms with Crippen LogP contribution >= 0.6 is 0 Å². The van der Waals surface area contributed by atoms with E-state index in [9.17, 15) is 0 Å². The molecule has 1 unspecified atom stereocenters. The van der Waals surface area contributed by atoms with Gasteiger partial charge < -0.3 is 10.5 Å². The molecule has 0 saturated carbocycles. The van der Waals surface area contributed by atoms with E-state index in [0.717, 1.165) is 0 Å². The van der Waals surface area contributed by atoms with Crippen LogP contribution in [0, 0.1) is 0 Å². The van der Waals surface area contributed by atoms with Gasteiger partial charge in [-0.25, -0.2) is 4.68 Å². The predicted molar refractivity (Wildman–Crippen MR) is 38.8 cm³/mol. The van der Waals surface area contributed by atoms with Crippen molar-refractivity contribution in [2.75, 3.05) is 19.5 Å². The largest absolute Gasteiger partial charge is 0.382 e. The van der Waals surface area contributed by atoms with Gasteiger partial charge >= 0.3 is 0 Å². The van der Waals surface area contributed by atoms with Gasteiger partial charge in [0, 0.05) is 7.11 Å². The molecule has 6 heteroatoms. The number of methoxy groups -OCH3 is 1. The lowest BCUT2D eigenvalue weighted by Gasteiger charge is -2.09. The minimum Gasteiger partial charge on any atom is -0.382 e. The Labute approximate surface area is 64.3 Å². The SMILES string of the molecule is COCC(C)n1nnnc1N. The van der Waals surface area contributed by atoms with Crippen LogP contribution in [0.3, 0.4) is 0 Å². The van der Waals surface area contributed by atoms with Crippen molar-refractivity contribution in [3.8, 4) is 0 Å². The van der Waals surface area contributed by atoms with Crippen molar-refractivity contribution < 1.29 is 4.74 Å². The zero-order chi connectivity index (χ0) is 8.27. The number of anilines is 1. The molecule has 0 fully saturated rings. The quantitative estimate of drug-likeness (QED) is 0.637. The molecule has 1 aromatic rings. The van der Waals surface area contributed by atoms with Crippen LogP contribution in [0.1, 0.15) is 13.0 Å². The van der Waals surface area contributed by atoms with Gasteiger partial charge in [0.1, 0.15) is 0 Å². The first-order valence-electron chi connectivity index (χ1n) is 3.28. The average molecular weight is 157 g/mol. The summed E-state index contributed by atoms with van der Waals surface area (Å²) in [7, 11) is 1.62. The van der Waals surface area contributed by atoms with Crippen LogP contribution < -0.4 is 5.73 Å². The van der Waals surface area contributed by atoms with Gasteiger partial charge in [0.2, 0.25) is 5.95 Å². The molecule has 1 atom stereocenters. The molecule has 0 aliphatic carbocycles. The lowest BCUT2D eigenvalue weighted by molar-refractivity contribution is 0.157. The first kappa shape index (κ1) is 7.93. The third-order valence-corrected chi connectivity index (χ3v) is 1.34. The van der Waals surface area contributed by atoms with Gasteiger partial charge in [-0.2, -0.15) is 0 Å². The predicted octanol–water partition coefficient (Wildman–Crippen LogP) is -0.537. The summed E-state index contributed by atoms with van der Waals surface area (Å²) in [5, 5.41) is 10.6. The molecule has 0 saturated heterocycles. The van der Waals surface area contributed by atoms with Crippen molar-refractivity contribution >= 4 is 5.95 Å². The third kappa shape index (κ3) is 1.64. The Balaban J connectivity index is 2.67. The normalized spacial score (nSPS) is 13.3. The molecule has 1 aromatic heterocycles. The highest BCUT2D eigenvalue weighted by Gasteiger charge is 2.08. The number of tetrazole rings is 1. The minimum atomic E-state index is 0.0787. The number of rotatable bonds is 3. The van der Waals surface area contributed by atoms with Crippen molar-refractivity contribution in [3.63, 3.8) is 0 Å². The molecule has 11 heavy (non-hydrogen) atoms. The second-order valence-corrected chi connectivity index (χ2v) is 2.29. The molecule has 2 N–H and O–H groups in total. The fourth-order valence-electron chi connectivity index (χ4n) is 0.826. The third-order valence-electron chi connectivity index (χ3n) is 1.34. The van der Waals surface area contributed by atoms with Gasteiger partial charge in [-0.3, -0.25) is 0 Å². The summed E-state index contributed by atoms with van der Waals surface area (Å²) in [5.74, 6) is 0.314. The van der Waals surface area contributed by atoms with E-state index in [-0.39, 0.29) is 6.04 Å². The van der Waals surface area contributed by atoms with Gasteiger partial charge in [-0.05, 0) is 17.4 Å². The van der Waals surface area contributed by atoms with E-state index in [1.54, 1.807) is 7.11 Å². The van der Waals surface area contributed by atoms with Crippen LogP contribution in [0.25, 0.3) is 0 Å². The summed E-state index contributed by atoms with van der Waals surface area (Å²) >= 11 is 0. The fraction of sp³-hybridized carbons (Fsp3) is 0.800. The molecule has 0 aromatic carbocycles. The van der Waals surface area contributed by atoms with Crippen LogP contribution in [0.15, 0.2) is 0 Å². The van der Waals surface area contributed by atoms with E-state index in [2.05, 4.69) is 15.5 Å². The number of hydrogen-bond donors (Lipinski definition) is 1. The van der Waals surface area contributed by atoms with E-state index in [0.29, 0.717) is 12.6 Å². The number of hydrogen-bond acceptors (Lipinski definition) is 5. The molecule has 1 heterocycles. The van der Waals surface area contributed by atoms with Crippen LogP contribution in [0.2, 0.25) is 0 Å². The summed E-state index contributed by atoms with van der Waals surface area (Å²) in [4.78, 5) is 0. The molecule has 6 nitrogen and oxygen atoms in total. The zero-order valence-electron chi connectivity index (χ0n) is 6.56. The highest BCUT2D eigenvalue weighted by atomic mass is 16.5. The monoisotopic (exact) mass is 157 g/mol. The summed E-state index contributed by atoms with van der Waals surface area (Å²) in [5.41, 5.74) is 5.44. The Hall–Kier alpha value is -1.17. The van der Waals surface area contributed by atoms with Crippen LogP contribution in [0.5, 0.6) is 0 Å². The number of nitrogens with two attached hydrogens (primary N) is 1. The number of ether oxygens (including phenoxy) is 1. The molecule has 0 amide bonds. The Kier molecular flexibility index (Phi) is 2.37. The summed E-state index contributed by atoms with van der Waals surface area (Å²) < 4.78 is 6.43. The van der Waals surface area contributed by atoms with Crippen LogP contribution in [0.4, 0.5) is 5.95 Å². The average Bonchev–Trinajstić information content (AvgIpc) is 2.36. The molecular formula is C5H11N5O. The molecule has 0 radical (unpaired) electrons. The molecule has 0 spiro atoms. The van der Waals surface area contributed by atoms with E-state index in [1.807, 2.05) is 6.92 Å². The first-order chi connectivity index (χ1) is 5.25. The maximum atomic E-state index is 5.44. The molecule has 0 aliphatic rings. The van der Waals surface area contributed by atoms with Crippen LogP contribution in [-0.2, 0) is 4.74 Å². The second kappa shape index (κ2) is 3.29. The smallest absolute Gasteiger partial charge is 0.240 e. The van der Waals surface area contributed by atoms with E-state index in [1.165, 1.54) is 4.68 Å². The summed E-state index contributed by atoms with van der Waals surface area (Å²) in [6.45, 7) is 2.48. The van der Waals surface area contributed by atoms with Gasteiger partial charge in [-0.1, -0.05) is 5.10 Å². The summed E-state index contributed by atoms with van der Waals surface area (Å²) in [6.07, 6.45) is 0. The van der Waals surface area contributed by atoms with Crippen molar-refractivity contribution in [2.45, 2.75) is 13.0 Å². The van der Waals surface area contributed by atoms with Gasteiger partial charge in [-0.15, -0.1) is 0 Å². The molecule has 62 valence electrons. The van der Waals surface area contributed by atoms with Crippen molar-refractivity contribution in [1.29, 1.82) is 0 Å². The molecule has 0 bridgehead atoms. The van der Waals surface area contributed by atoms with Crippen LogP contribution in [-0.4, -0.2) is 33.9 Å². The van der Waals surface area contributed by atoms with E-state index in [4.69, 9.17) is 10.5 Å². The first-order valence-corrected chi connectivity index (χ1v) is 3.28. The Morgan fingerprint density at radius 3 is 2.91 bits per heavy atom. The Bertz CT molecular complexity index is 222. The van der Waals surface area contributed by atoms with E-state index >= 15 is 0 Å². The molecular weight excluding hydrogens is 146 g/mol. The topological polar surface area (TPSA) is 78.8 Å². The number of nitrogens with zero attached hydrogens (tertiary/aromatic N) is 4. The summed E-state index contributed by atoms with van der Waals surface area (Å²) in [6, 6.07) is 0.0787. The lowest BCUT2D eigenvalue weighted by Crippen LogP contribution is -2.15. The Morgan fingerprint density at radius 1 is 1.73 bits per heavy atom. The number of aromatic nitrogens is 4. The van der Waals surface area contributed by atoms with E-state index < -0.39 is 0 Å². The maximum absolute atomic E-state index is 5.44. The lowest BCUT2D eigenvalue weighted by atomic mass is 10.4. The highest BCUT2D eigenvalue weighted by Crippen LogP contribution is 2.05. The van der Waals surface area contributed by atoms with Crippen molar-refractivity contribution in [3.05, 3.63) is 0 Å². The Morgan fingerprint density at radius 2 is 2.45 bits per heavy atom. The van der Waals surface area contributed by atoms with Gasteiger partial charge in [0.15, 0.2) is 0 Å². The zero-order valence-corrected chi connectivity index (χ0v) is 6.56. The van der Waals surface area contributed by atoms with Gasteiger partial charge in [0.25, 0.3) is 0 Å². The second-order valence-electron chi connectivity index (χ2n) is 2.29. The maximum Gasteiger partial charge on any atom is 0.240 e. The highest BCUT2D eigenvalue weighted by molar-refractivity contribution is 5.10. The fourth-order valence-corrected chi connectivity index (χ4v) is 0.826. The molecule has 1 rings (SSSR count).